The van der Waals surface area contributed by atoms with Crippen molar-refractivity contribution < 1.29 is 17.6 Å². The first-order chi connectivity index (χ1) is 9.21. The Morgan fingerprint density at radius 3 is 2.40 bits per heavy atom. The van der Waals surface area contributed by atoms with E-state index in [1.165, 1.54) is 6.07 Å². The Hall–Kier alpha value is -1.19. The molecule has 1 saturated heterocycles. The molecule has 0 atom stereocenters. The van der Waals surface area contributed by atoms with Crippen LogP contribution in [-0.2, 0) is 18.8 Å². The van der Waals surface area contributed by atoms with Crippen molar-refractivity contribution in [3.63, 3.8) is 0 Å². The molecular formula is C10H11ClN2O5S2. The minimum absolute atomic E-state index is 0.0778. The van der Waals surface area contributed by atoms with Gasteiger partial charge in [0.25, 0.3) is 14.7 Å². The summed E-state index contributed by atoms with van der Waals surface area (Å²) in [5, 5.41) is 11.0. The summed E-state index contributed by atoms with van der Waals surface area (Å²) in [6.07, 6.45) is 1.54. The number of nitro benzene ring substituents is 1. The number of halogens is 1. The van der Waals surface area contributed by atoms with E-state index in [9.17, 15) is 22.7 Å². The molecule has 2 rings (SSSR count). The fraction of sp³-hybridized carbons (Fsp3) is 0.400. The van der Waals surface area contributed by atoms with E-state index < -0.39 is 29.4 Å². The molecule has 10 heteroatoms. The Labute approximate surface area is 120 Å². The highest BCUT2D eigenvalue weighted by Gasteiger charge is 2.23. The second kappa shape index (κ2) is 5.30. The quantitative estimate of drug-likeness (QED) is 0.478. The number of hydrogen-bond donors (Lipinski definition) is 0. The number of nitro groups is 1. The van der Waals surface area contributed by atoms with Crippen LogP contribution in [0.15, 0.2) is 27.5 Å². The molecule has 0 N–H and O–H groups in total. The van der Waals surface area contributed by atoms with Crippen molar-refractivity contribution in [1.29, 1.82) is 0 Å². The first kappa shape index (κ1) is 15.2. The van der Waals surface area contributed by atoms with E-state index in [4.69, 9.17) is 10.7 Å². The van der Waals surface area contributed by atoms with Crippen molar-refractivity contribution >= 4 is 40.8 Å². The molecule has 0 aromatic heterocycles. The van der Waals surface area contributed by atoms with Gasteiger partial charge in [0.05, 0.1) is 19.5 Å². The number of rotatable bonds is 3. The van der Waals surface area contributed by atoms with Gasteiger partial charge >= 0.3 is 0 Å². The van der Waals surface area contributed by atoms with Crippen molar-refractivity contribution in [3.8, 4) is 0 Å². The van der Waals surface area contributed by atoms with Gasteiger partial charge in [-0.1, -0.05) is 0 Å². The van der Waals surface area contributed by atoms with Crippen LogP contribution in [0, 0.1) is 10.1 Å². The molecule has 0 spiro atoms. The highest BCUT2D eigenvalue weighted by atomic mass is 35.7. The molecule has 0 saturated carbocycles. The van der Waals surface area contributed by atoms with Crippen LogP contribution in [0.2, 0.25) is 0 Å². The Bertz CT molecular complexity index is 769. The van der Waals surface area contributed by atoms with Crippen LogP contribution in [0.25, 0.3) is 0 Å². The van der Waals surface area contributed by atoms with Crippen LogP contribution < -0.4 is 0 Å². The lowest BCUT2D eigenvalue weighted by atomic mass is 10.3. The van der Waals surface area contributed by atoms with Gasteiger partial charge in [-0.25, -0.2) is 12.6 Å². The smallest absolute Gasteiger partial charge is 0.258 e. The van der Waals surface area contributed by atoms with Crippen molar-refractivity contribution in [2.24, 2.45) is 4.36 Å². The molecule has 0 amide bonds. The molecule has 1 aliphatic rings. The van der Waals surface area contributed by atoms with Crippen LogP contribution in [0.5, 0.6) is 0 Å². The number of benzene rings is 1. The Morgan fingerprint density at radius 2 is 1.90 bits per heavy atom. The highest BCUT2D eigenvalue weighted by Crippen LogP contribution is 2.33. The van der Waals surface area contributed by atoms with E-state index in [0.29, 0.717) is 11.5 Å². The number of nitrogens with zero attached hydrogens (tertiary/aromatic N) is 2. The SMILES string of the molecule is O=[N+]([O-])c1cc(S(=O)(=O)Cl)ccc1N=S1(=O)CCCC1. The maximum atomic E-state index is 12.3. The zero-order valence-electron chi connectivity index (χ0n) is 10.2. The average Bonchev–Trinajstić information content (AvgIpc) is 2.74. The topological polar surface area (TPSA) is 107 Å². The molecule has 1 aliphatic heterocycles. The minimum Gasteiger partial charge on any atom is -0.258 e. The third-order valence-corrected chi connectivity index (χ3v) is 6.60. The standard InChI is InChI=1S/C10H11ClN2O5S2/c11-20(17,18)8-3-4-9(10(7-8)13(14)15)12-19(16)5-1-2-6-19/h3-4,7H,1-2,5-6H2. The van der Waals surface area contributed by atoms with E-state index in [-0.39, 0.29) is 10.6 Å². The molecule has 1 heterocycles. The maximum absolute atomic E-state index is 12.3. The van der Waals surface area contributed by atoms with Crippen molar-refractivity contribution in [1.82, 2.24) is 0 Å². The van der Waals surface area contributed by atoms with Gasteiger partial charge in [0.2, 0.25) is 0 Å². The van der Waals surface area contributed by atoms with Gasteiger partial charge in [-0.05, 0) is 25.0 Å². The van der Waals surface area contributed by atoms with Crippen LogP contribution in [0.3, 0.4) is 0 Å². The number of hydrogen-bond acceptors (Lipinski definition) is 6. The lowest BCUT2D eigenvalue weighted by molar-refractivity contribution is -0.384. The molecule has 7 nitrogen and oxygen atoms in total. The van der Waals surface area contributed by atoms with Gasteiger partial charge in [-0.3, -0.25) is 10.1 Å². The molecule has 110 valence electrons. The van der Waals surface area contributed by atoms with Crippen LogP contribution in [-0.4, -0.2) is 29.1 Å². The fourth-order valence-corrected chi connectivity index (χ4v) is 4.89. The Balaban J connectivity index is 2.61. The van der Waals surface area contributed by atoms with Gasteiger partial charge < -0.3 is 0 Å². The summed E-state index contributed by atoms with van der Waals surface area (Å²) in [7, 11) is -1.39. The second-order valence-electron chi connectivity index (χ2n) is 4.32. The molecule has 20 heavy (non-hydrogen) atoms. The predicted octanol–water partition coefficient (Wildman–Crippen LogP) is 2.42. The average molecular weight is 339 g/mol. The molecule has 0 aliphatic carbocycles. The van der Waals surface area contributed by atoms with Crippen LogP contribution >= 0.6 is 10.7 Å². The van der Waals surface area contributed by atoms with Crippen molar-refractivity contribution in [2.45, 2.75) is 17.7 Å². The second-order valence-corrected chi connectivity index (χ2v) is 9.43. The summed E-state index contributed by atoms with van der Waals surface area (Å²) in [4.78, 5) is 9.85. The molecule has 1 aromatic carbocycles. The monoisotopic (exact) mass is 338 g/mol. The fourth-order valence-electron chi connectivity index (χ4n) is 1.91. The van der Waals surface area contributed by atoms with E-state index in [2.05, 4.69) is 4.36 Å². The first-order valence-corrected chi connectivity index (χ1v) is 9.83. The zero-order chi connectivity index (χ0) is 15.0. The van der Waals surface area contributed by atoms with Gasteiger partial charge in [-0.2, -0.15) is 4.36 Å². The third kappa shape index (κ3) is 3.28. The summed E-state index contributed by atoms with van der Waals surface area (Å²) in [5.74, 6) is 0.805. The lowest BCUT2D eigenvalue weighted by Crippen LogP contribution is -2.01. The molecule has 0 bridgehead atoms. The Morgan fingerprint density at radius 1 is 1.30 bits per heavy atom. The lowest BCUT2D eigenvalue weighted by Gasteiger charge is -2.03. The van der Waals surface area contributed by atoms with Crippen LogP contribution in [0.4, 0.5) is 11.4 Å². The van der Waals surface area contributed by atoms with E-state index in [0.717, 1.165) is 25.0 Å². The summed E-state index contributed by atoms with van der Waals surface area (Å²) < 4.78 is 38.6. The summed E-state index contributed by atoms with van der Waals surface area (Å²) >= 11 is 0. The molecular weight excluding hydrogens is 328 g/mol. The Kier molecular flexibility index (Phi) is 4.03. The van der Waals surface area contributed by atoms with Gasteiger partial charge in [-0.15, -0.1) is 0 Å². The van der Waals surface area contributed by atoms with Gasteiger partial charge in [0, 0.05) is 28.3 Å². The molecule has 0 unspecified atom stereocenters. The van der Waals surface area contributed by atoms with Gasteiger partial charge in [0.15, 0.2) is 5.69 Å². The minimum atomic E-state index is -4.06. The van der Waals surface area contributed by atoms with E-state index >= 15 is 0 Å². The first-order valence-electron chi connectivity index (χ1n) is 5.67. The highest BCUT2D eigenvalue weighted by molar-refractivity contribution is 8.13. The summed E-state index contributed by atoms with van der Waals surface area (Å²) in [6, 6.07) is 3.11. The predicted molar refractivity (Wildman–Crippen MR) is 75.3 cm³/mol. The van der Waals surface area contributed by atoms with Crippen molar-refractivity contribution in [2.75, 3.05) is 11.5 Å². The van der Waals surface area contributed by atoms with Gasteiger partial charge in [0.1, 0.15) is 0 Å². The molecule has 1 aromatic rings. The third-order valence-electron chi connectivity index (χ3n) is 2.87. The molecule has 1 fully saturated rings. The van der Waals surface area contributed by atoms with E-state index in [1.807, 2.05) is 0 Å². The molecule has 0 radical (unpaired) electrons. The van der Waals surface area contributed by atoms with Crippen molar-refractivity contribution in [3.05, 3.63) is 28.3 Å². The maximum Gasteiger partial charge on any atom is 0.296 e. The summed E-state index contributed by atoms with van der Waals surface area (Å²) in [6.45, 7) is 0. The largest absolute Gasteiger partial charge is 0.296 e. The normalized spacial score (nSPS) is 17.9. The summed E-state index contributed by atoms with van der Waals surface area (Å²) in [5.41, 5.74) is -0.590. The van der Waals surface area contributed by atoms with Crippen LogP contribution in [0.1, 0.15) is 12.8 Å². The zero-order valence-corrected chi connectivity index (χ0v) is 12.6. The van der Waals surface area contributed by atoms with E-state index in [1.54, 1.807) is 0 Å².